The number of amides is 1. The van der Waals surface area contributed by atoms with Crippen LogP contribution in [0.3, 0.4) is 0 Å². The molecule has 0 bridgehead atoms. The van der Waals surface area contributed by atoms with Gasteiger partial charge in [0, 0.05) is 15.8 Å². The van der Waals surface area contributed by atoms with Crippen LogP contribution in [0.1, 0.15) is 11.7 Å². The maximum atomic E-state index is 12.8. The third kappa shape index (κ3) is 3.11. The molecule has 138 valence electrons. The fourth-order valence-corrected chi connectivity index (χ4v) is 4.47. The zero-order valence-corrected chi connectivity index (χ0v) is 17.5. The molecular formula is C18H14BrClN4O2S. The molecular weight excluding hydrogens is 452 g/mol. The van der Waals surface area contributed by atoms with Gasteiger partial charge in [0.05, 0.1) is 16.9 Å². The highest BCUT2D eigenvalue weighted by Crippen LogP contribution is 2.40. The van der Waals surface area contributed by atoms with Gasteiger partial charge in [-0.3, -0.25) is 15.1 Å². The highest BCUT2D eigenvalue weighted by molar-refractivity contribution is 9.10. The van der Waals surface area contributed by atoms with Crippen LogP contribution in [0.5, 0.6) is 5.75 Å². The molecule has 0 aliphatic carbocycles. The number of nitrogens with zero attached hydrogens (tertiary/aromatic N) is 3. The Labute approximate surface area is 173 Å². The molecule has 2 aliphatic rings. The Hall–Kier alpha value is -2.03. The van der Waals surface area contributed by atoms with Crippen molar-refractivity contribution in [3.8, 4) is 5.75 Å². The number of fused-ring (bicyclic) bond motifs is 2. The first-order valence-electron chi connectivity index (χ1n) is 7.96. The van der Waals surface area contributed by atoms with E-state index in [1.807, 2.05) is 30.5 Å². The van der Waals surface area contributed by atoms with Crippen molar-refractivity contribution in [2.24, 2.45) is 10.1 Å². The number of carbonyl (C=O) groups is 1. The smallest absolute Gasteiger partial charge is 0.276 e. The lowest BCUT2D eigenvalue weighted by molar-refractivity contribution is -0.116. The minimum Gasteiger partial charge on any atom is -0.495 e. The molecule has 0 fully saturated rings. The molecule has 9 heteroatoms. The van der Waals surface area contributed by atoms with E-state index in [9.17, 15) is 4.79 Å². The van der Waals surface area contributed by atoms with Crippen LogP contribution < -0.4 is 20.6 Å². The van der Waals surface area contributed by atoms with E-state index in [0.29, 0.717) is 37.0 Å². The van der Waals surface area contributed by atoms with Gasteiger partial charge in [-0.25, -0.2) is 5.01 Å². The number of nitrogens with one attached hydrogen (secondary N) is 1. The zero-order valence-electron chi connectivity index (χ0n) is 14.4. The van der Waals surface area contributed by atoms with Crippen molar-refractivity contribution < 1.29 is 9.53 Å². The second-order valence-electron chi connectivity index (χ2n) is 5.79. The van der Waals surface area contributed by atoms with Crippen LogP contribution in [0.25, 0.3) is 5.70 Å². The lowest BCUT2D eigenvalue weighted by atomic mass is 10.1. The van der Waals surface area contributed by atoms with E-state index in [0.717, 1.165) is 5.22 Å². The Morgan fingerprint density at radius 3 is 2.85 bits per heavy atom. The van der Waals surface area contributed by atoms with Crippen molar-refractivity contribution in [1.29, 1.82) is 0 Å². The van der Waals surface area contributed by atoms with Crippen molar-refractivity contribution >= 4 is 56.1 Å². The number of halogens is 2. The van der Waals surface area contributed by atoms with Gasteiger partial charge < -0.3 is 4.74 Å². The van der Waals surface area contributed by atoms with Gasteiger partial charge in [0.15, 0.2) is 11.3 Å². The first kappa shape index (κ1) is 18.3. The van der Waals surface area contributed by atoms with Gasteiger partial charge in [-0.2, -0.15) is 0 Å². The van der Waals surface area contributed by atoms with Crippen molar-refractivity contribution in [2.45, 2.75) is 6.17 Å². The summed E-state index contributed by atoms with van der Waals surface area (Å²) in [7, 11) is 1.58. The largest absolute Gasteiger partial charge is 0.495 e. The van der Waals surface area contributed by atoms with Gasteiger partial charge >= 0.3 is 0 Å². The van der Waals surface area contributed by atoms with Crippen molar-refractivity contribution in [2.75, 3.05) is 13.4 Å². The standard InChI is InChI=1S/C18H14BrClN4O2S/c1-26-15-11(7-9(20)8-12(15)19)16-21-13-6-4-3-5-10(13)14-17(25)22-18(27-2)23-24(14)16/h3-8,16H,1-2H3,(H,22,23,25)/t16-/m1/s1. The predicted octanol–water partition coefficient (Wildman–Crippen LogP) is 2.62. The zero-order chi connectivity index (χ0) is 19.1. The summed E-state index contributed by atoms with van der Waals surface area (Å²) in [5.41, 5.74) is 1.16. The number of ether oxygens (including phenoxy) is 1. The molecule has 0 spiro atoms. The van der Waals surface area contributed by atoms with Crippen molar-refractivity contribution in [3.05, 3.63) is 62.0 Å². The lowest BCUT2D eigenvalue weighted by Crippen LogP contribution is -2.50. The summed E-state index contributed by atoms with van der Waals surface area (Å²) < 4.78 is 6.28. The van der Waals surface area contributed by atoms with Gasteiger partial charge in [-0.05, 0) is 40.4 Å². The van der Waals surface area contributed by atoms with Crippen LogP contribution in [-0.2, 0) is 4.79 Å². The van der Waals surface area contributed by atoms with Crippen LogP contribution in [0, 0.1) is 0 Å². The second-order valence-corrected chi connectivity index (χ2v) is 7.87. The van der Waals surface area contributed by atoms with E-state index in [1.54, 1.807) is 24.3 Å². The minimum absolute atomic E-state index is 0.221. The number of carbonyl (C=O) groups excluding carboxylic acids is 1. The number of benzene rings is 2. The molecule has 1 amide bonds. The van der Waals surface area contributed by atoms with E-state index in [2.05, 4.69) is 26.3 Å². The summed E-state index contributed by atoms with van der Waals surface area (Å²) in [6.45, 7) is 0. The summed E-state index contributed by atoms with van der Waals surface area (Å²) >= 11 is 11.1. The van der Waals surface area contributed by atoms with E-state index >= 15 is 0 Å². The number of para-hydroxylation sites is 1. The number of thioether (sulfide) groups is 1. The number of hydrogen-bond acceptors (Lipinski definition) is 6. The number of methoxy groups -OCH3 is 1. The van der Waals surface area contributed by atoms with Gasteiger partial charge in [-0.1, -0.05) is 41.6 Å². The SMILES string of the molecule is COc1c(Br)cc(Cl)cc1[C@@H]1N=c2ccccc2=C2C(=O)NC(SC)=NN21. The van der Waals surface area contributed by atoms with Crippen LogP contribution in [-0.4, -0.2) is 29.4 Å². The van der Waals surface area contributed by atoms with Crippen molar-refractivity contribution in [1.82, 2.24) is 10.3 Å². The first-order chi connectivity index (χ1) is 13.0. The quantitative estimate of drug-likeness (QED) is 0.740. The van der Waals surface area contributed by atoms with Gasteiger partial charge in [0.1, 0.15) is 11.4 Å². The monoisotopic (exact) mass is 464 g/mol. The molecule has 0 saturated carbocycles. The molecule has 0 unspecified atom stereocenters. The van der Waals surface area contributed by atoms with Crippen LogP contribution in [0.2, 0.25) is 5.02 Å². The van der Waals surface area contributed by atoms with Gasteiger partial charge in [0.2, 0.25) is 0 Å². The third-order valence-corrected chi connectivity index (χ3v) is 5.61. The van der Waals surface area contributed by atoms with Crippen molar-refractivity contribution in [3.63, 3.8) is 0 Å². The third-order valence-electron chi connectivity index (χ3n) is 4.23. The Morgan fingerprint density at radius 2 is 2.11 bits per heavy atom. The fourth-order valence-electron chi connectivity index (χ4n) is 3.11. The summed E-state index contributed by atoms with van der Waals surface area (Å²) in [5.74, 6) is 0.375. The topological polar surface area (TPSA) is 66.3 Å². The van der Waals surface area contributed by atoms with E-state index in [-0.39, 0.29) is 5.91 Å². The molecule has 6 nitrogen and oxygen atoms in total. The van der Waals surface area contributed by atoms with E-state index in [1.165, 1.54) is 11.8 Å². The normalized spacial score (nSPS) is 18.1. The Bertz CT molecular complexity index is 1110. The summed E-state index contributed by atoms with van der Waals surface area (Å²) in [5, 5.41) is 11.5. The van der Waals surface area contributed by atoms with Gasteiger partial charge in [0.25, 0.3) is 5.91 Å². The second kappa shape index (κ2) is 7.18. The molecule has 1 N–H and O–H groups in total. The van der Waals surface area contributed by atoms with Crippen LogP contribution in [0.15, 0.2) is 51.0 Å². The predicted molar refractivity (Wildman–Crippen MR) is 110 cm³/mol. The summed E-state index contributed by atoms with van der Waals surface area (Å²) in [6, 6.07) is 11.0. The maximum absolute atomic E-state index is 12.8. The average Bonchev–Trinajstić information content (AvgIpc) is 2.66. The molecule has 2 aliphatic heterocycles. The lowest BCUT2D eigenvalue weighted by Gasteiger charge is -2.34. The highest BCUT2D eigenvalue weighted by atomic mass is 79.9. The fraction of sp³-hybridized carbons (Fsp3) is 0.167. The molecule has 2 aromatic rings. The molecule has 2 heterocycles. The summed E-state index contributed by atoms with van der Waals surface area (Å²) in [4.78, 5) is 17.7. The molecule has 27 heavy (non-hydrogen) atoms. The Balaban J connectivity index is 2.03. The molecule has 1 atom stereocenters. The highest BCUT2D eigenvalue weighted by Gasteiger charge is 2.36. The number of hydrogen-bond donors (Lipinski definition) is 1. The number of hydrazone groups is 1. The summed E-state index contributed by atoms with van der Waals surface area (Å²) in [6.07, 6.45) is 1.26. The average molecular weight is 466 g/mol. The van der Waals surface area contributed by atoms with E-state index < -0.39 is 6.17 Å². The van der Waals surface area contributed by atoms with Crippen LogP contribution >= 0.6 is 39.3 Å². The van der Waals surface area contributed by atoms with Gasteiger partial charge in [-0.15, -0.1) is 5.10 Å². The van der Waals surface area contributed by atoms with E-state index in [4.69, 9.17) is 21.3 Å². The Morgan fingerprint density at radius 1 is 1.33 bits per heavy atom. The van der Waals surface area contributed by atoms with Crippen LogP contribution in [0.4, 0.5) is 0 Å². The molecule has 0 radical (unpaired) electrons. The molecule has 0 saturated heterocycles. The first-order valence-corrected chi connectivity index (χ1v) is 10.4. The number of rotatable bonds is 2. The maximum Gasteiger partial charge on any atom is 0.276 e. The molecule has 2 aromatic carbocycles. The Kier molecular flexibility index (Phi) is 4.88. The minimum atomic E-state index is -0.590. The number of amidine groups is 1. The molecule has 0 aromatic heterocycles. The molecule has 4 rings (SSSR count).